The van der Waals surface area contributed by atoms with Crippen molar-refractivity contribution in [3.63, 3.8) is 0 Å². The minimum atomic E-state index is -0.501. The van der Waals surface area contributed by atoms with Crippen molar-refractivity contribution in [1.82, 2.24) is 0 Å². The molecule has 0 nitrogen and oxygen atoms in total. The highest BCUT2D eigenvalue weighted by Gasteiger charge is 2.15. The van der Waals surface area contributed by atoms with Gasteiger partial charge in [-0.2, -0.15) is 0 Å². The molecule has 294 valence electrons. The van der Waals surface area contributed by atoms with Crippen molar-refractivity contribution < 1.29 is 0 Å². The van der Waals surface area contributed by atoms with Crippen molar-refractivity contribution in [2.45, 2.75) is 306 Å². The van der Waals surface area contributed by atoms with Gasteiger partial charge in [0.25, 0.3) is 14.1 Å². The van der Waals surface area contributed by atoms with E-state index in [0.29, 0.717) is 0 Å². The highest BCUT2D eigenvalue weighted by molar-refractivity contribution is 6.58. The van der Waals surface area contributed by atoms with Gasteiger partial charge in [0.05, 0.1) is 0 Å². The van der Waals surface area contributed by atoms with Gasteiger partial charge in [-0.15, -0.1) is 0 Å². The molecule has 0 amide bonds. The largest absolute Gasteiger partial charge is 0.261 e. The predicted molar refractivity (Wildman–Crippen MR) is 231 cm³/mol. The van der Waals surface area contributed by atoms with Crippen molar-refractivity contribution in [3.8, 4) is 0 Å². The fourth-order valence-electron chi connectivity index (χ4n) is 8.32. The second-order valence-corrected chi connectivity index (χ2v) is 20.5. The van der Waals surface area contributed by atoms with Gasteiger partial charge in [-0.05, 0) is 0 Å². The highest BCUT2D eigenvalue weighted by Crippen LogP contribution is 2.22. The van der Waals surface area contributed by atoms with Gasteiger partial charge in [-0.25, -0.2) is 0 Å². The summed E-state index contributed by atoms with van der Waals surface area (Å²) < 4.78 is 0. The first-order valence-electron chi connectivity index (χ1n) is 24.3. The standard InChI is InChI=1S/3C16H33.Al/c3*1-3-5-7-9-11-13-15-16-14-12-10-8-6-4-2;/h3*1,3-16H2,2H3;. The normalized spacial score (nSPS) is 11.6. The molecule has 0 bridgehead atoms. The first-order chi connectivity index (χ1) is 24.3. The van der Waals surface area contributed by atoms with Crippen molar-refractivity contribution in [3.05, 3.63) is 0 Å². The van der Waals surface area contributed by atoms with Crippen molar-refractivity contribution in [2.24, 2.45) is 0 Å². The molecule has 0 aromatic heterocycles. The number of unbranched alkanes of at least 4 members (excludes halogenated alkanes) is 39. The molecule has 0 atom stereocenters. The Kier molecular flexibility index (Phi) is 47.1. The molecule has 0 radical (unpaired) electrons. The molecule has 0 aromatic rings. The summed E-state index contributed by atoms with van der Waals surface area (Å²) in [6.45, 7) is 6.97. The highest BCUT2D eigenvalue weighted by atomic mass is 27.2. The SMILES string of the molecule is CCCCCCCCCCCCCCC[CH2][Al]([CH2]CCCCCCCCCCCCCCC)[CH2]CCCCCCCCCCCCCCC. The lowest BCUT2D eigenvalue weighted by Gasteiger charge is -2.12. The molecular weight excluding hydrogens is 604 g/mol. The van der Waals surface area contributed by atoms with Crippen LogP contribution in [-0.2, 0) is 0 Å². The molecular formula is C48H99Al. The van der Waals surface area contributed by atoms with Gasteiger partial charge in [0, 0.05) is 0 Å². The molecule has 0 spiro atoms. The van der Waals surface area contributed by atoms with Crippen molar-refractivity contribution in [1.29, 1.82) is 0 Å². The summed E-state index contributed by atoms with van der Waals surface area (Å²) in [7, 11) is 0. The quantitative estimate of drug-likeness (QED) is 0.0438. The molecule has 0 saturated heterocycles. The molecule has 0 aliphatic carbocycles. The van der Waals surface area contributed by atoms with Gasteiger partial charge in [0.1, 0.15) is 0 Å². The van der Waals surface area contributed by atoms with Gasteiger partial charge in [0.2, 0.25) is 0 Å². The van der Waals surface area contributed by atoms with E-state index in [-0.39, 0.29) is 0 Å². The smallest absolute Gasteiger partial charge is 0.0939 e. The predicted octanol–water partition coefficient (Wildman–Crippen LogP) is 18.9. The van der Waals surface area contributed by atoms with Crippen molar-refractivity contribution >= 4 is 14.1 Å². The second kappa shape index (κ2) is 46.6. The van der Waals surface area contributed by atoms with Crippen LogP contribution in [0.25, 0.3) is 0 Å². The minimum absolute atomic E-state index is 0.501. The zero-order valence-electron chi connectivity index (χ0n) is 35.4. The van der Waals surface area contributed by atoms with Crippen LogP contribution in [0, 0.1) is 0 Å². The molecule has 0 aliphatic heterocycles. The number of rotatable bonds is 45. The summed E-state index contributed by atoms with van der Waals surface area (Å²) >= 11 is -0.501. The molecule has 0 rings (SSSR count). The molecule has 0 saturated carbocycles. The van der Waals surface area contributed by atoms with E-state index >= 15 is 0 Å². The molecule has 0 fully saturated rings. The summed E-state index contributed by atoms with van der Waals surface area (Å²) in [6.07, 6.45) is 62.8. The molecule has 0 aromatic carbocycles. The Morgan fingerprint density at radius 1 is 0.163 bits per heavy atom. The minimum Gasteiger partial charge on any atom is -0.0939 e. The van der Waals surface area contributed by atoms with Crippen LogP contribution in [0.2, 0.25) is 15.8 Å². The molecule has 0 aliphatic rings. The number of hydrogen-bond acceptors (Lipinski definition) is 0. The van der Waals surface area contributed by atoms with E-state index in [1.54, 1.807) is 54.4 Å². The van der Waals surface area contributed by atoms with Gasteiger partial charge < -0.3 is 0 Å². The average Bonchev–Trinajstić information content (AvgIpc) is 3.11. The van der Waals surface area contributed by atoms with Crippen LogP contribution in [0.15, 0.2) is 0 Å². The van der Waals surface area contributed by atoms with Gasteiger partial charge >= 0.3 is 0 Å². The summed E-state index contributed by atoms with van der Waals surface area (Å²) in [5.74, 6) is 0. The fourth-order valence-corrected chi connectivity index (χ4v) is 11.8. The summed E-state index contributed by atoms with van der Waals surface area (Å²) in [6, 6.07) is 0. The van der Waals surface area contributed by atoms with Gasteiger partial charge in [0.15, 0.2) is 0 Å². The van der Waals surface area contributed by atoms with Crippen LogP contribution in [-0.4, -0.2) is 14.1 Å². The second-order valence-electron chi connectivity index (χ2n) is 17.0. The molecule has 49 heavy (non-hydrogen) atoms. The Hall–Kier alpha value is 0.532. The Balaban J connectivity index is 3.93. The lowest BCUT2D eigenvalue weighted by molar-refractivity contribution is 0.536. The van der Waals surface area contributed by atoms with E-state index in [9.17, 15) is 0 Å². The van der Waals surface area contributed by atoms with Gasteiger partial charge in [-0.1, -0.05) is 306 Å². The zero-order chi connectivity index (χ0) is 35.4. The van der Waals surface area contributed by atoms with Crippen LogP contribution < -0.4 is 0 Å². The average molecular weight is 703 g/mol. The van der Waals surface area contributed by atoms with Crippen molar-refractivity contribution in [2.75, 3.05) is 0 Å². The van der Waals surface area contributed by atoms with Gasteiger partial charge in [-0.3, -0.25) is 0 Å². The lowest BCUT2D eigenvalue weighted by Crippen LogP contribution is -2.12. The Morgan fingerprint density at radius 3 is 0.429 bits per heavy atom. The third-order valence-corrected chi connectivity index (χ3v) is 15.6. The first-order valence-corrected chi connectivity index (χ1v) is 26.8. The Bertz CT molecular complexity index is 467. The third-order valence-electron chi connectivity index (χ3n) is 11.9. The monoisotopic (exact) mass is 703 g/mol. The first kappa shape index (κ1) is 49.5. The molecule has 0 heterocycles. The Labute approximate surface area is 319 Å². The number of hydrogen-bond donors (Lipinski definition) is 0. The van der Waals surface area contributed by atoms with Crippen LogP contribution in [0.3, 0.4) is 0 Å². The summed E-state index contributed by atoms with van der Waals surface area (Å²) in [5.41, 5.74) is 0. The van der Waals surface area contributed by atoms with Crippen LogP contribution in [0.4, 0.5) is 0 Å². The maximum Gasteiger partial charge on any atom is 0.261 e. The van der Waals surface area contributed by atoms with E-state index in [0.717, 1.165) is 0 Å². The fraction of sp³-hybridized carbons (Fsp3) is 1.00. The summed E-state index contributed by atoms with van der Waals surface area (Å²) in [5, 5.41) is 5.03. The molecule has 0 N–H and O–H groups in total. The van der Waals surface area contributed by atoms with E-state index < -0.39 is 14.1 Å². The maximum absolute atomic E-state index is 2.32. The van der Waals surface area contributed by atoms with E-state index in [2.05, 4.69) is 20.8 Å². The van der Waals surface area contributed by atoms with Crippen LogP contribution in [0.1, 0.15) is 290 Å². The van der Waals surface area contributed by atoms with E-state index in [1.807, 2.05) is 0 Å². The summed E-state index contributed by atoms with van der Waals surface area (Å²) in [4.78, 5) is 0. The maximum atomic E-state index is 2.32. The van der Waals surface area contributed by atoms with E-state index in [1.165, 1.54) is 231 Å². The van der Waals surface area contributed by atoms with Crippen LogP contribution in [0.5, 0.6) is 0 Å². The molecule has 0 unspecified atom stereocenters. The molecule has 1 heteroatoms. The Morgan fingerprint density at radius 2 is 0.286 bits per heavy atom. The topological polar surface area (TPSA) is 0 Å². The van der Waals surface area contributed by atoms with E-state index in [4.69, 9.17) is 0 Å². The lowest BCUT2D eigenvalue weighted by atomic mass is 10.0. The zero-order valence-corrected chi connectivity index (χ0v) is 36.6. The van der Waals surface area contributed by atoms with Crippen LogP contribution >= 0.6 is 0 Å². The third kappa shape index (κ3) is 44.6.